The van der Waals surface area contributed by atoms with E-state index in [-0.39, 0.29) is 30.4 Å². The predicted molar refractivity (Wildman–Crippen MR) is 54.6 cm³/mol. The molecular formula is C10H20N2O2. The van der Waals surface area contributed by atoms with E-state index in [1.54, 1.807) is 0 Å². The Hall–Kier alpha value is -0.610. The lowest BCUT2D eigenvalue weighted by Crippen LogP contribution is -2.40. The molecule has 0 aromatic carbocycles. The van der Waals surface area contributed by atoms with Gasteiger partial charge in [0.05, 0.1) is 5.92 Å². The predicted octanol–water partition coefficient (Wildman–Crippen LogP) is -0.142. The highest BCUT2D eigenvalue weighted by Crippen LogP contribution is 2.23. The minimum absolute atomic E-state index is 0.0131. The molecule has 82 valence electrons. The summed E-state index contributed by atoms with van der Waals surface area (Å²) in [6.45, 7) is 2.55. The van der Waals surface area contributed by atoms with Gasteiger partial charge in [0, 0.05) is 19.2 Å². The van der Waals surface area contributed by atoms with Crippen molar-refractivity contribution in [1.82, 2.24) is 5.32 Å². The molecule has 0 aromatic heterocycles. The summed E-state index contributed by atoms with van der Waals surface area (Å²) in [4.78, 5) is 11.6. The Bertz CT molecular complexity index is 197. The molecule has 0 bridgehead atoms. The van der Waals surface area contributed by atoms with Gasteiger partial charge >= 0.3 is 0 Å². The largest absolute Gasteiger partial charge is 0.396 e. The van der Waals surface area contributed by atoms with Gasteiger partial charge in [-0.3, -0.25) is 4.79 Å². The van der Waals surface area contributed by atoms with Crippen molar-refractivity contribution in [2.24, 2.45) is 17.6 Å². The van der Waals surface area contributed by atoms with Crippen LogP contribution in [0, 0.1) is 11.8 Å². The third-order valence-electron chi connectivity index (χ3n) is 2.84. The van der Waals surface area contributed by atoms with Gasteiger partial charge in [0.25, 0.3) is 0 Å². The zero-order valence-electron chi connectivity index (χ0n) is 8.70. The van der Waals surface area contributed by atoms with E-state index in [1.807, 2.05) is 6.92 Å². The summed E-state index contributed by atoms with van der Waals surface area (Å²) in [7, 11) is 0. The zero-order chi connectivity index (χ0) is 10.6. The Morgan fingerprint density at radius 3 is 2.86 bits per heavy atom. The van der Waals surface area contributed by atoms with Gasteiger partial charge in [0.2, 0.25) is 5.91 Å². The molecular weight excluding hydrogens is 180 g/mol. The maximum absolute atomic E-state index is 11.6. The molecule has 3 unspecified atom stereocenters. The van der Waals surface area contributed by atoms with E-state index in [0.717, 1.165) is 19.3 Å². The summed E-state index contributed by atoms with van der Waals surface area (Å²) in [5.41, 5.74) is 5.81. The molecule has 4 N–H and O–H groups in total. The topological polar surface area (TPSA) is 75.3 Å². The number of hydrogen-bond acceptors (Lipinski definition) is 3. The van der Waals surface area contributed by atoms with Crippen LogP contribution in [0.15, 0.2) is 0 Å². The second-order valence-corrected chi connectivity index (χ2v) is 4.23. The molecule has 0 aliphatic heterocycles. The second-order valence-electron chi connectivity index (χ2n) is 4.23. The third-order valence-corrected chi connectivity index (χ3v) is 2.84. The number of rotatable bonds is 4. The number of hydrogen-bond donors (Lipinski definition) is 3. The first-order valence-corrected chi connectivity index (χ1v) is 5.29. The van der Waals surface area contributed by atoms with E-state index in [9.17, 15) is 4.79 Å². The van der Waals surface area contributed by atoms with Gasteiger partial charge in [-0.05, 0) is 18.8 Å². The lowest BCUT2D eigenvalue weighted by molar-refractivity contribution is -0.125. The van der Waals surface area contributed by atoms with Crippen molar-refractivity contribution in [3.05, 3.63) is 0 Å². The van der Waals surface area contributed by atoms with E-state index in [4.69, 9.17) is 10.8 Å². The molecule has 0 aromatic rings. The number of nitrogens with two attached hydrogens (primary N) is 1. The van der Waals surface area contributed by atoms with Crippen LogP contribution in [0.5, 0.6) is 0 Å². The van der Waals surface area contributed by atoms with Crippen molar-refractivity contribution in [2.75, 3.05) is 13.2 Å². The van der Waals surface area contributed by atoms with E-state index >= 15 is 0 Å². The first-order chi connectivity index (χ1) is 6.65. The standard InChI is InChI=1S/C10H20N2O2/c1-7(6-13)5-12-10(14)8-3-2-4-9(8)11/h7-9,13H,2-6,11H2,1H3,(H,12,14). The van der Waals surface area contributed by atoms with Gasteiger partial charge in [0.15, 0.2) is 0 Å². The molecule has 4 heteroatoms. The highest BCUT2D eigenvalue weighted by atomic mass is 16.3. The van der Waals surface area contributed by atoms with Crippen LogP contribution in [0.4, 0.5) is 0 Å². The smallest absolute Gasteiger partial charge is 0.224 e. The third kappa shape index (κ3) is 2.96. The quantitative estimate of drug-likeness (QED) is 0.591. The maximum atomic E-state index is 11.6. The average Bonchev–Trinajstić information content (AvgIpc) is 2.60. The number of amides is 1. The monoisotopic (exact) mass is 200 g/mol. The lowest BCUT2D eigenvalue weighted by atomic mass is 10.0. The SMILES string of the molecule is CC(CO)CNC(=O)C1CCCC1N. The van der Waals surface area contributed by atoms with Crippen LogP contribution in [0.3, 0.4) is 0 Å². The Morgan fingerprint density at radius 2 is 2.36 bits per heavy atom. The molecule has 3 atom stereocenters. The maximum Gasteiger partial charge on any atom is 0.224 e. The Morgan fingerprint density at radius 1 is 1.64 bits per heavy atom. The van der Waals surface area contributed by atoms with Crippen molar-refractivity contribution in [1.29, 1.82) is 0 Å². The van der Waals surface area contributed by atoms with Crippen molar-refractivity contribution >= 4 is 5.91 Å². The minimum Gasteiger partial charge on any atom is -0.396 e. The summed E-state index contributed by atoms with van der Waals surface area (Å²) in [6.07, 6.45) is 2.91. The highest BCUT2D eigenvalue weighted by molar-refractivity contribution is 5.79. The number of aliphatic hydroxyl groups excluding tert-OH is 1. The molecule has 1 saturated carbocycles. The normalized spacial score (nSPS) is 28.8. The first-order valence-electron chi connectivity index (χ1n) is 5.29. The van der Waals surface area contributed by atoms with E-state index in [2.05, 4.69) is 5.32 Å². The van der Waals surface area contributed by atoms with Crippen molar-refractivity contribution in [2.45, 2.75) is 32.2 Å². The molecule has 1 fully saturated rings. The summed E-state index contributed by atoms with van der Waals surface area (Å²) in [5.74, 6) is 0.160. The summed E-state index contributed by atoms with van der Waals surface area (Å²) >= 11 is 0. The summed E-state index contributed by atoms with van der Waals surface area (Å²) in [6, 6.07) is 0.0273. The van der Waals surface area contributed by atoms with Crippen LogP contribution < -0.4 is 11.1 Å². The van der Waals surface area contributed by atoms with Gasteiger partial charge in [-0.2, -0.15) is 0 Å². The minimum atomic E-state index is -0.0131. The van der Waals surface area contributed by atoms with Crippen molar-refractivity contribution in [3.8, 4) is 0 Å². The first kappa shape index (κ1) is 11.5. The van der Waals surface area contributed by atoms with Crippen molar-refractivity contribution in [3.63, 3.8) is 0 Å². The van der Waals surface area contributed by atoms with Crippen LogP contribution >= 0.6 is 0 Å². The number of carbonyl (C=O) groups is 1. The molecule has 1 amide bonds. The molecule has 0 radical (unpaired) electrons. The van der Waals surface area contributed by atoms with E-state index < -0.39 is 0 Å². The fourth-order valence-corrected chi connectivity index (χ4v) is 1.78. The summed E-state index contributed by atoms with van der Waals surface area (Å²) in [5, 5.41) is 11.6. The number of nitrogens with one attached hydrogen (secondary N) is 1. The lowest BCUT2D eigenvalue weighted by Gasteiger charge is -2.16. The molecule has 0 spiro atoms. The number of aliphatic hydroxyl groups is 1. The zero-order valence-corrected chi connectivity index (χ0v) is 8.70. The molecule has 4 nitrogen and oxygen atoms in total. The van der Waals surface area contributed by atoms with Gasteiger partial charge in [-0.25, -0.2) is 0 Å². The molecule has 0 heterocycles. The van der Waals surface area contributed by atoms with Crippen LogP contribution in [-0.4, -0.2) is 30.2 Å². The Labute approximate surface area is 84.9 Å². The van der Waals surface area contributed by atoms with Gasteiger partial charge in [-0.1, -0.05) is 13.3 Å². The second kappa shape index (κ2) is 5.32. The van der Waals surface area contributed by atoms with Gasteiger partial charge in [0.1, 0.15) is 0 Å². The van der Waals surface area contributed by atoms with Gasteiger partial charge in [-0.15, -0.1) is 0 Å². The average molecular weight is 200 g/mol. The Kier molecular flexibility index (Phi) is 4.35. The summed E-state index contributed by atoms with van der Waals surface area (Å²) < 4.78 is 0. The molecule has 1 aliphatic carbocycles. The van der Waals surface area contributed by atoms with Crippen LogP contribution in [-0.2, 0) is 4.79 Å². The van der Waals surface area contributed by atoms with Crippen molar-refractivity contribution < 1.29 is 9.90 Å². The fraction of sp³-hybridized carbons (Fsp3) is 0.900. The van der Waals surface area contributed by atoms with Crippen LogP contribution in [0.2, 0.25) is 0 Å². The van der Waals surface area contributed by atoms with Crippen LogP contribution in [0.25, 0.3) is 0 Å². The van der Waals surface area contributed by atoms with Gasteiger partial charge < -0.3 is 16.2 Å². The Balaban J connectivity index is 2.27. The molecule has 1 rings (SSSR count). The van der Waals surface area contributed by atoms with E-state index in [0.29, 0.717) is 6.54 Å². The van der Waals surface area contributed by atoms with Crippen LogP contribution in [0.1, 0.15) is 26.2 Å². The molecule has 14 heavy (non-hydrogen) atoms. The highest BCUT2D eigenvalue weighted by Gasteiger charge is 2.29. The number of carbonyl (C=O) groups excluding carboxylic acids is 1. The molecule has 1 aliphatic rings. The fourth-order valence-electron chi connectivity index (χ4n) is 1.78. The molecule has 0 saturated heterocycles. The van der Waals surface area contributed by atoms with E-state index in [1.165, 1.54) is 0 Å².